The van der Waals surface area contributed by atoms with E-state index in [1.165, 1.54) is 0 Å². The van der Waals surface area contributed by atoms with Gasteiger partial charge in [0.15, 0.2) is 0 Å². The van der Waals surface area contributed by atoms with Crippen LogP contribution in [-0.2, 0) is 29.0 Å². The standard InChI is InChI=1S/C31H32N6O4/c1-18-25(36-14-15-36)28(39)24-26(27(18)38)37-13-12-22(29(37)35-24)33-31(41)23(17-20-10-6-3-7-11-20)34-30(40)21(32)16-19-8-4-2-5-9-19/h2-11,21-23H,12-17,32H2,1H3,(H,33,41)(H,34,40)/t21-,22-,23+/m0/s1. The summed E-state index contributed by atoms with van der Waals surface area (Å²) in [5, 5.41) is 5.87. The van der Waals surface area contributed by atoms with E-state index in [4.69, 9.17) is 5.73 Å². The van der Waals surface area contributed by atoms with Gasteiger partial charge in [-0.05, 0) is 30.9 Å². The molecule has 0 unspecified atom stereocenters. The van der Waals surface area contributed by atoms with E-state index in [-0.39, 0.29) is 29.6 Å². The van der Waals surface area contributed by atoms with E-state index in [0.29, 0.717) is 42.2 Å². The largest absolute Gasteiger partial charge is 0.364 e. The Labute approximate surface area is 237 Å². The molecule has 0 bridgehead atoms. The maximum atomic E-state index is 13.7. The number of Topliss-reactive ketones (excluding diaryl/α,β-unsaturated/α-hetero) is 2. The van der Waals surface area contributed by atoms with Gasteiger partial charge in [0.2, 0.25) is 23.4 Å². The van der Waals surface area contributed by atoms with Crippen molar-refractivity contribution < 1.29 is 19.2 Å². The predicted molar refractivity (Wildman–Crippen MR) is 151 cm³/mol. The number of imidazole rings is 1. The second-order valence-corrected chi connectivity index (χ2v) is 10.8. The molecule has 2 aliphatic heterocycles. The first-order chi connectivity index (χ1) is 19.8. The fraction of sp³-hybridized carbons (Fsp3) is 0.323. The quantitative estimate of drug-likeness (QED) is 0.344. The minimum atomic E-state index is -0.883. The molecule has 0 radical (unpaired) electrons. The van der Waals surface area contributed by atoms with Gasteiger partial charge in [0.25, 0.3) is 0 Å². The zero-order valence-corrected chi connectivity index (χ0v) is 22.8. The highest BCUT2D eigenvalue weighted by Crippen LogP contribution is 2.36. The number of nitrogens with two attached hydrogens (primary N) is 1. The second kappa shape index (κ2) is 10.8. The van der Waals surface area contributed by atoms with Gasteiger partial charge in [0, 0.05) is 31.6 Å². The zero-order chi connectivity index (χ0) is 28.7. The van der Waals surface area contributed by atoms with E-state index in [1.807, 2.05) is 65.6 Å². The van der Waals surface area contributed by atoms with Crippen LogP contribution in [0.1, 0.15) is 57.3 Å². The smallest absolute Gasteiger partial charge is 0.243 e. The Bertz CT molecular complexity index is 1560. The first-order valence-corrected chi connectivity index (χ1v) is 13.9. The molecule has 6 rings (SSSR count). The number of carbonyl (C=O) groups excluding carboxylic acids is 4. The molecule has 2 aromatic carbocycles. The number of hydrogen-bond donors (Lipinski definition) is 3. The number of aromatic nitrogens is 2. The molecule has 4 N–H and O–H groups in total. The van der Waals surface area contributed by atoms with Gasteiger partial charge in [-0.25, -0.2) is 4.98 Å². The van der Waals surface area contributed by atoms with E-state index in [0.717, 1.165) is 24.2 Å². The molecule has 1 fully saturated rings. The fourth-order valence-electron chi connectivity index (χ4n) is 5.67. The van der Waals surface area contributed by atoms with Gasteiger partial charge in [-0.2, -0.15) is 0 Å². The highest BCUT2D eigenvalue weighted by Gasteiger charge is 2.43. The zero-order valence-electron chi connectivity index (χ0n) is 22.8. The molecule has 3 heterocycles. The summed E-state index contributed by atoms with van der Waals surface area (Å²) < 4.78 is 1.75. The van der Waals surface area contributed by atoms with E-state index in [9.17, 15) is 19.2 Å². The Hall–Kier alpha value is -4.57. The molecule has 1 aromatic heterocycles. The number of nitrogens with one attached hydrogen (secondary N) is 2. The van der Waals surface area contributed by atoms with Crippen molar-refractivity contribution in [2.24, 2.45) is 5.73 Å². The monoisotopic (exact) mass is 552 g/mol. The molecular formula is C31H32N6O4. The average Bonchev–Trinajstić information content (AvgIpc) is 3.62. The molecule has 3 aliphatic rings. The second-order valence-electron chi connectivity index (χ2n) is 10.8. The Kier molecular flexibility index (Phi) is 7.00. The molecule has 2 amide bonds. The van der Waals surface area contributed by atoms with Gasteiger partial charge < -0.3 is 25.8 Å². The van der Waals surface area contributed by atoms with Crippen LogP contribution in [0, 0.1) is 0 Å². The highest BCUT2D eigenvalue weighted by molar-refractivity contribution is 6.25. The molecular weight excluding hydrogens is 520 g/mol. The summed E-state index contributed by atoms with van der Waals surface area (Å²) >= 11 is 0. The van der Waals surface area contributed by atoms with Crippen LogP contribution in [0.2, 0.25) is 0 Å². The topological polar surface area (TPSA) is 139 Å². The summed E-state index contributed by atoms with van der Waals surface area (Å²) in [4.78, 5) is 59.7. The van der Waals surface area contributed by atoms with Crippen molar-refractivity contribution in [2.75, 3.05) is 13.1 Å². The fourth-order valence-corrected chi connectivity index (χ4v) is 5.67. The lowest BCUT2D eigenvalue weighted by Crippen LogP contribution is -2.53. The van der Waals surface area contributed by atoms with Crippen molar-refractivity contribution in [1.29, 1.82) is 0 Å². The molecule has 1 aliphatic carbocycles. The van der Waals surface area contributed by atoms with E-state index in [2.05, 4.69) is 15.6 Å². The first-order valence-electron chi connectivity index (χ1n) is 13.9. The summed E-state index contributed by atoms with van der Waals surface area (Å²) in [5.41, 5.74) is 9.34. The predicted octanol–water partition coefficient (Wildman–Crippen LogP) is 1.71. The van der Waals surface area contributed by atoms with Gasteiger partial charge >= 0.3 is 0 Å². The van der Waals surface area contributed by atoms with Crippen LogP contribution in [0.5, 0.6) is 0 Å². The summed E-state index contributed by atoms with van der Waals surface area (Å²) in [7, 11) is 0. The van der Waals surface area contributed by atoms with Crippen LogP contribution in [0.25, 0.3) is 0 Å². The summed E-state index contributed by atoms with van der Waals surface area (Å²) in [6, 6.07) is 16.7. The van der Waals surface area contributed by atoms with Crippen molar-refractivity contribution in [3.8, 4) is 0 Å². The molecule has 210 valence electrons. The Morgan fingerprint density at radius 1 is 0.927 bits per heavy atom. The van der Waals surface area contributed by atoms with Crippen molar-refractivity contribution in [1.82, 2.24) is 25.1 Å². The van der Waals surface area contributed by atoms with Crippen molar-refractivity contribution in [2.45, 2.75) is 50.9 Å². The Balaban J connectivity index is 1.20. The molecule has 3 atom stereocenters. The molecule has 10 nitrogen and oxygen atoms in total. The lowest BCUT2D eigenvalue weighted by atomic mass is 9.95. The van der Waals surface area contributed by atoms with Crippen molar-refractivity contribution in [3.63, 3.8) is 0 Å². The van der Waals surface area contributed by atoms with Gasteiger partial charge in [-0.1, -0.05) is 60.7 Å². The van der Waals surface area contributed by atoms with Crippen LogP contribution >= 0.6 is 0 Å². The third-order valence-electron chi connectivity index (χ3n) is 7.92. The highest BCUT2D eigenvalue weighted by atomic mass is 16.2. The van der Waals surface area contributed by atoms with Gasteiger partial charge in [0.1, 0.15) is 23.3 Å². The molecule has 1 saturated heterocycles. The maximum absolute atomic E-state index is 13.7. The molecule has 0 saturated carbocycles. The van der Waals surface area contributed by atoms with E-state index >= 15 is 0 Å². The summed E-state index contributed by atoms with van der Waals surface area (Å²) in [6.45, 7) is 3.63. The number of carbonyl (C=O) groups is 4. The van der Waals surface area contributed by atoms with Crippen LogP contribution in [0.4, 0.5) is 0 Å². The van der Waals surface area contributed by atoms with Crippen LogP contribution in [0.15, 0.2) is 71.9 Å². The summed E-state index contributed by atoms with van der Waals surface area (Å²) in [6.07, 6.45) is 1.13. The van der Waals surface area contributed by atoms with Crippen LogP contribution < -0.4 is 16.4 Å². The lowest BCUT2D eigenvalue weighted by molar-refractivity contribution is -0.130. The lowest BCUT2D eigenvalue weighted by Gasteiger charge is -2.22. The molecule has 10 heteroatoms. The van der Waals surface area contributed by atoms with Crippen LogP contribution in [-0.4, -0.2) is 63.0 Å². The Morgan fingerprint density at radius 3 is 2.20 bits per heavy atom. The number of benzene rings is 2. The van der Waals surface area contributed by atoms with Gasteiger partial charge in [-0.15, -0.1) is 0 Å². The number of rotatable bonds is 9. The van der Waals surface area contributed by atoms with Crippen molar-refractivity contribution >= 4 is 23.4 Å². The van der Waals surface area contributed by atoms with E-state index in [1.54, 1.807) is 11.5 Å². The number of nitrogens with zero attached hydrogens (tertiary/aromatic N) is 3. The minimum absolute atomic E-state index is 0.150. The number of fused-ring (bicyclic) bond motifs is 3. The number of allylic oxidation sites excluding steroid dienone is 2. The van der Waals surface area contributed by atoms with Crippen molar-refractivity contribution in [3.05, 3.63) is 100 Å². The summed E-state index contributed by atoms with van der Waals surface area (Å²) in [5.74, 6) is -0.772. The minimum Gasteiger partial charge on any atom is -0.364 e. The Morgan fingerprint density at radius 2 is 1.56 bits per heavy atom. The average molecular weight is 553 g/mol. The van der Waals surface area contributed by atoms with E-state index < -0.39 is 24.0 Å². The van der Waals surface area contributed by atoms with Gasteiger partial charge in [0.05, 0.1) is 17.8 Å². The molecule has 3 aromatic rings. The first kappa shape index (κ1) is 26.6. The number of ketones is 2. The normalized spacial score (nSPS) is 19.0. The SMILES string of the molecule is CC1=C(N2CC2)C(=O)c2nc3n(c2C1=O)CC[C@@H]3NC(=O)[C@@H](Cc1ccccc1)NC(=O)[C@@H](N)Cc1ccccc1. The maximum Gasteiger partial charge on any atom is 0.243 e. The third kappa shape index (κ3) is 5.18. The van der Waals surface area contributed by atoms with Gasteiger partial charge in [-0.3, -0.25) is 19.2 Å². The molecule has 41 heavy (non-hydrogen) atoms. The third-order valence-corrected chi connectivity index (χ3v) is 7.92. The molecule has 0 spiro atoms. The number of hydrogen-bond acceptors (Lipinski definition) is 7. The number of amides is 2. The van der Waals surface area contributed by atoms with Crippen LogP contribution in [0.3, 0.4) is 0 Å².